The molecule has 8 heteroatoms. The number of likely N-dealkylation sites (tertiary alicyclic amines) is 3. The Morgan fingerprint density at radius 3 is 2.27 bits per heavy atom. The van der Waals surface area contributed by atoms with Crippen molar-refractivity contribution in [3.63, 3.8) is 0 Å². The predicted octanol–water partition coefficient (Wildman–Crippen LogP) is 1.83. The Morgan fingerprint density at radius 1 is 0.967 bits per heavy atom. The zero-order valence-electron chi connectivity index (χ0n) is 17.9. The van der Waals surface area contributed by atoms with Crippen LogP contribution in [-0.4, -0.2) is 89.0 Å². The van der Waals surface area contributed by atoms with Crippen molar-refractivity contribution >= 4 is 17.9 Å². The summed E-state index contributed by atoms with van der Waals surface area (Å²) in [4.78, 5) is 43.7. The van der Waals surface area contributed by atoms with E-state index in [0.717, 1.165) is 77.9 Å². The van der Waals surface area contributed by atoms with Crippen molar-refractivity contribution in [2.24, 2.45) is 10.8 Å². The molecule has 1 atom stereocenters. The van der Waals surface area contributed by atoms with E-state index in [2.05, 4.69) is 21.8 Å². The first-order chi connectivity index (χ1) is 14.6. The topological polar surface area (TPSA) is 72.9 Å². The van der Waals surface area contributed by atoms with E-state index < -0.39 is 0 Å². The first kappa shape index (κ1) is 19.6. The average molecular weight is 413 g/mol. The highest BCUT2D eigenvalue weighted by molar-refractivity contribution is 5.87. The lowest BCUT2D eigenvalue weighted by atomic mass is 9.60. The summed E-state index contributed by atoms with van der Waals surface area (Å²) in [5.41, 5.74) is -0.500. The summed E-state index contributed by atoms with van der Waals surface area (Å²) >= 11 is 0. The van der Waals surface area contributed by atoms with E-state index in [1.165, 1.54) is 0 Å². The zero-order chi connectivity index (χ0) is 20.8. The van der Waals surface area contributed by atoms with Gasteiger partial charge in [0.2, 0.25) is 11.9 Å². The number of aromatic nitrogens is 2. The minimum Gasteiger partial charge on any atom is -0.342 e. The monoisotopic (exact) mass is 412 g/mol. The highest BCUT2D eigenvalue weighted by Gasteiger charge is 2.65. The number of carbonyl (C=O) groups excluding carboxylic acids is 2. The van der Waals surface area contributed by atoms with Gasteiger partial charge in [-0.05, 0) is 45.1 Å². The molecule has 5 rings (SSSR count). The Bertz CT molecular complexity index is 803. The normalized spacial score (nSPS) is 28.4. The summed E-state index contributed by atoms with van der Waals surface area (Å²) in [6, 6.07) is 2.01. The van der Waals surface area contributed by atoms with Gasteiger partial charge in [-0.2, -0.15) is 0 Å². The van der Waals surface area contributed by atoms with Crippen molar-refractivity contribution in [1.82, 2.24) is 24.7 Å². The van der Waals surface area contributed by atoms with Crippen molar-refractivity contribution in [3.05, 3.63) is 18.5 Å². The first-order valence-electron chi connectivity index (χ1n) is 11.4. The smallest absolute Gasteiger partial charge is 0.319 e. The molecule has 30 heavy (non-hydrogen) atoms. The van der Waals surface area contributed by atoms with Gasteiger partial charge in [-0.1, -0.05) is 0 Å². The van der Waals surface area contributed by atoms with Crippen LogP contribution in [0.4, 0.5) is 10.7 Å². The van der Waals surface area contributed by atoms with Gasteiger partial charge >= 0.3 is 6.03 Å². The number of nitrogens with zero attached hydrogens (tertiary/aromatic N) is 6. The van der Waals surface area contributed by atoms with Gasteiger partial charge in [0.1, 0.15) is 0 Å². The molecular formula is C22H32N6O2. The number of amides is 3. The van der Waals surface area contributed by atoms with E-state index in [0.29, 0.717) is 18.4 Å². The molecule has 0 aromatic carbocycles. The van der Waals surface area contributed by atoms with E-state index >= 15 is 0 Å². The van der Waals surface area contributed by atoms with Crippen LogP contribution in [0.3, 0.4) is 0 Å². The van der Waals surface area contributed by atoms with Gasteiger partial charge in [0, 0.05) is 70.2 Å². The summed E-state index contributed by atoms with van der Waals surface area (Å²) in [5, 5.41) is 0. The number of carbonyl (C=O) groups is 2. The van der Waals surface area contributed by atoms with Crippen LogP contribution in [0.25, 0.3) is 0 Å². The Hall–Kier alpha value is -2.38. The SMILES string of the molecule is CCN1CCC2(CN(c3ncccn3)CC23CCN(C(=O)N2CCCC2)CC3)C1=O. The third-order valence-electron chi connectivity index (χ3n) is 8.06. The molecule has 8 nitrogen and oxygen atoms in total. The van der Waals surface area contributed by atoms with Gasteiger partial charge in [0.25, 0.3) is 0 Å². The zero-order valence-corrected chi connectivity index (χ0v) is 17.9. The maximum absolute atomic E-state index is 13.6. The summed E-state index contributed by atoms with van der Waals surface area (Å²) in [5.74, 6) is 1.01. The Balaban J connectivity index is 1.40. The molecule has 0 radical (unpaired) electrons. The largest absolute Gasteiger partial charge is 0.342 e. The quantitative estimate of drug-likeness (QED) is 0.741. The van der Waals surface area contributed by atoms with Crippen LogP contribution in [0.15, 0.2) is 18.5 Å². The van der Waals surface area contributed by atoms with Crippen molar-refractivity contribution in [2.75, 3.05) is 57.3 Å². The number of fused-ring (bicyclic) bond motifs is 1. The molecule has 4 saturated heterocycles. The van der Waals surface area contributed by atoms with E-state index in [1.807, 2.05) is 20.8 Å². The van der Waals surface area contributed by atoms with Crippen LogP contribution in [-0.2, 0) is 4.79 Å². The molecule has 0 N–H and O–H groups in total. The fourth-order valence-electron chi connectivity index (χ4n) is 6.31. The fourth-order valence-corrected chi connectivity index (χ4v) is 6.31. The lowest BCUT2D eigenvalue weighted by molar-refractivity contribution is -0.141. The number of hydrogen-bond donors (Lipinski definition) is 0. The second-order valence-corrected chi connectivity index (χ2v) is 9.37. The summed E-state index contributed by atoms with van der Waals surface area (Å²) in [6.07, 6.45) is 8.40. The molecule has 5 heterocycles. The molecule has 162 valence electrons. The summed E-state index contributed by atoms with van der Waals surface area (Å²) in [7, 11) is 0. The molecule has 1 aromatic heterocycles. The highest BCUT2D eigenvalue weighted by atomic mass is 16.2. The van der Waals surface area contributed by atoms with Gasteiger partial charge < -0.3 is 19.6 Å². The predicted molar refractivity (Wildman–Crippen MR) is 113 cm³/mol. The standard InChI is InChI=1S/C22H32N6O2/c1-2-25-15-8-22(18(25)29)17-28(19-23-9-5-10-24-19)16-21(22)6-13-27(14-7-21)20(30)26-11-3-4-12-26/h5,9-10H,2-4,6-8,11-17H2,1H3. The average Bonchev–Trinajstić information content (AvgIpc) is 3.50. The van der Waals surface area contributed by atoms with Crippen molar-refractivity contribution in [1.29, 1.82) is 0 Å². The molecule has 1 unspecified atom stereocenters. The molecular weight excluding hydrogens is 380 g/mol. The van der Waals surface area contributed by atoms with E-state index in [9.17, 15) is 9.59 Å². The minimum atomic E-state index is -0.384. The molecule has 4 aliphatic heterocycles. The molecule has 2 spiro atoms. The number of anilines is 1. The van der Waals surface area contributed by atoms with E-state index in [4.69, 9.17) is 0 Å². The molecule has 4 fully saturated rings. The number of urea groups is 1. The molecule has 3 amide bonds. The van der Waals surface area contributed by atoms with Gasteiger partial charge in [-0.25, -0.2) is 14.8 Å². The van der Waals surface area contributed by atoms with Gasteiger partial charge in [-0.3, -0.25) is 4.79 Å². The molecule has 0 aliphatic carbocycles. The number of piperidine rings is 1. The van der Waals surface area contributed by atoms with Crippen molar-refractivity contribution < 1.29 is 9.59 Å². The van der Waals surface area contributed by atoms with Gasteiger partial charge in [0.05, 0.1) is 5.41 Å². The van der Waals surface area contributed by atoms with Crippen molar-refractivity contribution in [2.45, 2.75) is 39.0 Å². The first-order valence-corrected chi connectivity index (χ1v) is 11.4. The number of hydrogen-bond acceptors (Lipinski definition) is 5. The van der Waals surface area contributed by atoms with Crippen molar-refractivity contribution in [3.8, 4) is 0 Å². The van der Waals surface area contributed by atoms with Gasteiger partial charge in [0.15, 0.2) is 0 Å². The van der Waals surface area contributed by atoms with Crippen LogP contribution in [0.5, 0.6) is 0 Å². The summed E-state index contributed by atoms with van der Waals surface area (Å²) < 4.78 is 0. The van der Waals surface area contributed by atoms with Gasteiger partial charge in [-0.15, -0.1) is 0 Å². The molecule has 0 saturated carbocycles. The Labute approximate surface area is 178 Å². The lowest BCUT2D eigenvalue weighted by Crippen LogP contribution is -2.55. The fraction of sp³-hybridized carbons (Fsp3) is 0.727. The second kappa shape index (κ2) is 7.39. The summed E-state index contributed by atoms with van der Waals surface area (Å²) in [6.45, 7) is 8.38. The third kappa shape index (κ3) is 2.87. The van der Waals surface area contributed by atoms with E-state index in [1.54, 1.807) is 12.4 Å². The van der Waals surface area contributed by atoms with Crippen LogP contribution in [0, 0.1) is 10.8 Å². The lowest BCUT2D eigenvalue weighted by Gasteiger charge is -2.47. The minimum absolute atomic E-state index is 0.116. The van der Waals surface area contributed by atoms with Crippen LogP contribution >= 0.6 is 0 Å². The Morgan fingerprint density at radius 2 is 1.63 bits per heavy atom. The molecule has 0 bridgehead atoms. The maximum atomic E-state index is 13.6. The maximum Gasteiger partial charge on any atom is 0.319 e. The second-order valence-electron chi connectivity index (χ2n) is 9.37. The molecule has 1 aromatic rings. The Kier molecular flexibility index (Phi) is 4.82. The number of rotatable bonds is 2. The molecule has 4 aliphatic rings. The van der Waals surface area contributed by atoms with Crippen LogP contribution < -0.4 is 4.90 Å². The third-order valence-corrected chi connectivity index (χ3v) is 8.06. The highest BCUT2D eigenvalue weighted by Crippen LogP contribution is 2.58. The van der Waals surface area contributed by atoms with E-state index in [-0.39, 0.29) is 16.9 Å². The van der Waals surface area contributed by atoms with Crippen LogP contribution in [0.2, 0.25) is 0 Å². The van der Waals surface area contributed by atoms with Crippen LogP contribution in [0.1, 0.15) is 39.0 Å².